The van der Waals surface area contributed by atoms with E-state index in [9.17, 15) is 0 Å². The molecule has 1 aromatic heterocycles. The lowest BCUT2D eigenvalue weighted by Crippen LogP contribution is -1.90. The molecular weight excluding hydrogens is 422 g/mol. The molecule has 0 fully saturated rings. The van der Waals surface area contributed by atoms with E-state index < -0.39 is 0 Å². The molecule has 0 aliphatic carbocycles. The topological polar surface area (TPSA) is 4.93 Å². The minimum Gasteiger partial charge on any atom is -0.343 e. The number of aryl methyl sites for hydroxylation is 2. The summed E-state index contributed by atoms with van der Waals surface area (Å²) in [5, 5.41) is 13.3. The summed E-state index contributed by atoms with van der Waals surface area (Å²) in [5.74, 6) is 0. The summed E-state index contributed by atoms with van der Waals surface area (Å²) in [6.07, 6.45) is 0. The number of hydrogen-bond acceptors (Lipinski definition) is 0. The number of fused-ring (bicyclic) bond motifs is 5. The van der Waals surface area contributed by atoms with Gasteiger partial charge in [-0.05, 0) is 73.5 Å². The van der Waals surface area contributed by atoms with Crippen molar-refractivity contribution in [2.75, 3.05) is 0 Å². The second-order valence-corrected chi connectivity index (χ2v) is 9.89. The lowest BCUT2D eigenvalue weighted by molar-refractivity contribution is 1.02. The van der Waals surface area contributed by atoms with E-state index >= 15 is 0 Å². The normalized spacial score (nSPS) is 12.3. The molecule has 8 rings (SSSR count). The Bertz CT molecular complexity index is 2120. The third kappa shape index (κ3) is 2.42. The van der Waals surface area contributed by atoms with Gasteiger partial charge >= 0.3 is 0 Å². The average Bonchev–Trinajstić information content (AvgIpc) is 3.20. The molecule has 0 aliphatic heterocycles. The molecule has 0 amide bonds. The molecule has 0 N–H and O–H groups in total. The van der Waals surface area contributed by atoms with E-state index in [-0.39, 0.29) is 0 Å². The monoisotopic (exact) mass is 445 g/mol. The van der Waals surface area contributed by atoms with E-state index in [1.165, 1.54) is 81.6 Å². The summed E-state index contributed by atoms with van der Waals surface area (Å²) in [5.41, 5.74) is 6.49. The first-order valence-corrected chi connectivity index (χ1v) is 12.3. The fraction of sp³-hybridized carbons (Fsp3) is 0.0588. The molecule has 0 radical (unpaired) electrons. The van der Waals surface area contributed by atoms with Gasteiger partial charge in [0.1, 0.15) is 0 Å². The van der Waals surface area contributed by atoms with Gasteiger partial charge < -0.3 is 4.57 Å². The van der Waals surface area contributed by atoms with Gasteiger partial charge in [0.05, 0.1) is 5.52 Å². The molecule has 1 heteroatoms. The number of rotatable bonds is 1. The summed E-state index contributed by atoms with van der Waals surface area (Å²) in [6.45, 7) is 2.21. The Morgan fingerprint density at radius 1 is 0.514 bits per heavy atom. The van der Waals surface area contributed by atoms with Crippen LogP contribution in [0.5, 0.6) is 0 Å². The maximum absolute atomic E-state index is 2.36. The molecule has 1 nitrogen and oxygen atoms in total. The zero-order chi connectivity index (χ0) is 23.3. The van der Waals surface area contributed by atoms with Crippen LogP contribution < -0.4 is 0 Å². The molecule has 8 aromatic rings. The zero-order valence-electron chi connectivity index (χ0n) is 19.8. The fourth-order valence-electron chi connectivity index (χ4n) is 6.37. The molecule has 0 unspecified atom stereocenters. The van der Waals surface area contributed by atoms with Crippen molar-refractivity contribution in [2.45, 2.75) is 6.92 Å². The van der Waals surface area contributed by atoms with Gasteiger partial charge in [-0.25, -0.2) is 0 Å². The van der Waals surface area contributed by atoms with Gasteiger partial charge in [0.25, 0.3) is 0 Å². The second-order valence-electron chi connectivity index (χ2n) is 9.89. The van der Waals surface area contributed by atoms with E-state index in [1.54, 1.807) is 0 Å². The molecule has 0 atom stereocenters. The van der Waals surface area contributed by atoms with Crippen LogP contribution in [0.4, 0.5) is 0 Å². The first-order valence-electron chi connectivity index (χ1n) is 12.3. The van der Waals surface area contributed by atoms with E-state index in [1.807, 2.05) is 0 Å². The Labute approximate surface area is 203 Å². The molecule has 0 saturated heterocycles. The van der Waals surface area contributed by atoms with E-state index in [4.69, 9.17) is 0 Å². The summed E-state index contributed by atoms with van der Waals surface area (Å²) < 4.78 is 2.34. The highest BCUT2D eigenvalue weighted by molar-refractivity contribution is 6.26. The van der Waals surface area contributed by atoms with Gasteiger partial charge in [-0.2, -0.15) is 0 Å². The Hall–Kier alpha value is -4.36. The quantitative estimate of drug-likeness (QED) is 0.222. The third-order valence-corrected chi connectivity index (χ3v) is 8.08. The zero-order valence-corrected chi connectivity index (χ0v) is 19.8. The largest absolute Gasteiger partial charge is 0.343 e. The molecule has 0 bridgehead atoms. The van der Waals surface area contributed by atoms with Gasteiger partial charge in [0.15, 0.2) is 0 Å². The van der Waals surface area contributed by atoms with Gasteiger partial charge in [0, 0.05) is 28.7 Å². The summed E-state index contributed by atoms with van der Waals surface area (Å²) in [4.78, 5) is 0. The predicted octanol–water partition coefficient (Wildman–Crippen LogP) is 9.36. The van der Waals surface area contributed by atoms with Crippen molar-refractivity contribution in [3.05, 3.63) is 109 Å². The standard InChI is InChI=1S/C34H23N/c1-20-7-8-21-11-17-29-26(15-10-22-9-14-25(20)32(21)33(22)29)23-12-16-27-24(19-23)13-18-30-28-5-3-4-6-31(28)35(2)34(27)30/h3-19H,1-2H3. The van der Waals surface area contributed by atoms with Gasteiger partial charge in [0.2, 0.25) is 0 Å². The van der Waals surface area contributed by atoms with Crippen molar-refractivity contribution in [3.63, 3.8) is 0 Å². The molecule has 164 valence electrons. The molecular formula is C34H23N. The first kappa shape index (κ1) is 19.0. The van der Waals surface area contributed by atoms with E-state index in [0.717, 1.165) is 0 Å². The molecule has 35 heavy (non-hydrogen) atoms. The van der Waals surface area contributed by atoms with Crippen molar-refractivity contribution in [1.29, 1.82) is 0 Å². The Morgan fingerprint density at radius 2 is 1.17 bits per heavy atom. The van der Waals surface area contributed by atoms with Crippen molar-refractivity contribution < 1.29 is 0 Å². The lowest BCUT2D eigenvalue weighted by Gasteiger charge is -2.15. The van der Waals surface area contributed by atoms with Crippen molar-refractivity contribution >= 4 is 64.9 Å². The minimum atomic E-state index is 1.27. The maximum Gasteiger partial charge on any atom is 0.0568 e. The first-order chi connectivity index (χ1) is 17.2. The minimum absolute atomic E-state index is 1.27. The van der Waals surface area contributed by atoms with E-state index in [0.29, 0.717) is 0 Å². The second kappa shape index (κ2) is 6.61. The number of para-hydroxylation sites is 1. The molecule has 0 aliphatic rings. The summed E-state index contributed by atoms with van der Waals surface area (Å²) in [6, 6.07) is 38.5. The predicted molar refractivity (Wildman–Crippen MR) is 152 cm³/mol. The van der Waals surface area contributed by atoms with Crippen LogP contribution in [0.1, 0.15) is 5.56 Å². The van der Waals surface area contributed by atoms with Crippen LogP contribution in [-0.2, 0) is 7.05 Å². The number of aromatic nitrogens is 1. The SMILES string of the molecule is Cc1ccc2ccc3c(-c4ccc5c(ccc6c7ccccc7n(C)c56)c4)ccc4ccc1c2c43. The smallest absolute Gasteiger partial charge is 0.0568 e. The fourth-order valence-corrected chi connectivity index (χ4v) is 6.37. The van der Waals surface area contributed by atoms with Crippen LogP contribution in [0.25, 0.3) is 76.0 Å². The van der Waals surface area contributed by atoms with Crippen molar-refractivity contribution in [3.8, 4) is 11.1 Å². The molecule has 0 saturated carbocycles. The average molecular weight is 446 g/mol. The Balaban J connectivity index is 1.43. The highest BCUT2D eigenvalue weighted by atomic mass is 14.9. The Morgan fingerprint density at radius 3 is 2.06 bits per heavy atom. The van der Waals surface area contributed by atoms with Crippen LogP contribution in [0.15, 0.2) is 103 Å². The number of hydrogen-bond donors (Lipinski definition) is 0. The third-order valence-electron chi connectivity index (χ3n) is 8.08. The van der Waals surface area contributed by atoms with Gasteiger partial charge in [-0.1, -0.05) is 91.0 Å². The number of benzene rings is 7. The summed E-state index contributed by atoms with van der Waals surface area (Å²) in [7, 11) is 2.18. The van der Waals surface area contributed by atoms with Crippen molar-refractivity contribution in [1.82, 2.24) is 4.57 Å². The lowest BCUT2D eigenvalue weighted by atomic mass is 9.88. The van der Waals surface area contributed by atoms with Gasteiger partial charge in [-0.15, -0.1) is 0 Å². The number of nitrogens with zero attached hydrogens (tertiary/aromatic N) is 1. The van der Waals surface area contributed by atoms with Crippen LogP contribution in [0.3, 0.4) is 0 Å². The highest BCUT2D eigenvalue weighted by Gasteiger charge is 2.15. The molecule has 1 heterocycles. The van der Waals surface area contributed by atoms with Crippen LogP contribution in [0, 0.1) is 6.92 Å². The molecule has 0 spiro atoms. The van der Waals surface area contributed by atoms with Crippen LogP contribution in [0.2, 0.25) is 0 Å². The van der Waals surface area contributed by atoms with Gasteiger partial charge in [-0.3, -0.25) is 0 Å². The maximum atomic E-state index is 2.36. The van der Waals surface area contributed by atoms with Crippen LogP contribution >= 0.6 is 0 Å². The molecule has 7 aromatic carbocycles. The highest BCUT2D eigenvalue weighted by Crippen LogP contribution is 2.41. The van der Waals surface area contributed by atoms with E-state index in [2.05, 4.69) is 122 Å². The van der Waals surface area contributed by atoms with Crippen LogP contribution in [-0.4, -0.2) is 4.57 Å². The van der Waals surface area contributed by atoms with Crippen molar-refractivity contribution in [2.24, 2.45) is 7.05 Å². The Kier molecular flexibility index (Phi) is 3.59. The summed E-state index contributed by atoms with van der Waals surface area (Å²) >= 11 is 0.